The first-order valence-electron chi connectivity index (χ1n) is 6.10. The van der Waals surface area contributed by atoms with Gasteiger partial charge in [-0.25, -0.2) is 13.4 Å². The number of hydrogen-bond acceptors (Lipinski definition) is 4. The van der Waals surface area contributed by atoms with Gasteiger partial charge in [0.15, 0.2) is 5.03 Å². The molecule has 0 amide bonds. The van der Waals surface area contributed by atoms with Crippen molar-refractivity contribution in [2.75, 3.05) is 13.1 Å². The summed E-state index contributed by atoms with van der Waals surface area (Å²) in [7, 11) is -3.93. The third kappa shape index (κ3) is 3.32. The van der Waals surface area contributed by atoms with E-state index in [4.69, 9.17) is 11.6 Å². The van der Waals surface area contributed by atoms with Crippen molar-refractivity contribution in [1.82, 2.24) is 9.29 Å². The number of halogens is 1. The summed E-state index contributed by atoms with van der Waals surface area (Å²) in [5.74, 6) is 0. The molecule has 0 aliphatic heterocycles. The van der Waals surface area contributed by atoms with Crippen LogP contribution in [0.2, 0.25) is 5.02 Å². The van der Waals surface area contributed by atoms with E-state index >= 15 is 0 Å². The molecule has 1 rings (SSSR count). The average Bonchev–Trinajstić information content (AvgIpc) is 2.44. The quantitative estimate of drug-likeness (QED) is 0.753. The number of aryl methyl sites for hydroxylation is 1. The van der Waals surface area contributed by atoms with Gasteiger partial charge in [0.05, 0.1) is 16.3 Å². The Morgan fingerprint density at radius 1 is 1.33 bits per heavy atom. The highest BCUT2D eigenvalue weighted by Crippen LogP contribution is 2.28. The second kappa shape index (κ2) is 6.85. The van der Waals surface area contributed by atoms with E-state index in [-0.39, 0.29) is 23.7 Å². The molecule has 0 aromatic carbocycles. The van der Waals surface area contributed by atoms with Gasteiger partial charge in [-0.1, -0.05) is 23.8 Å². The zero-order valence-corrected chi connectivity index (χ0v) is 13.5. The van der Waals surface area contributed by atoms with Gasteiger partial charge >= 0.3 is 0 Å². The lowest BCUT2D eigenvalue weighted by atomic mass is 10.1. The first kappa shape index (κ1) is 17.4. The van der Waals surface area contributed by atoms with Crippen molar-refractivity contribution >= 4 is 21.6 Å². The fraction of sp³-hybridized carbons (Fsp3) is 0.286. The molecule has 0 atom stereocenters. The van der Waals surface area contributed by atoms with Gasteiger partial charge in [-0.15, -0.1) is 13.2 Å². The fourth-order valence-electron chi connectivity index (χ4n) is 1.80. The summed E-state index contributed by atoms with van der Waals surface area (Å²) in [6.45, 7) is 10.5. The van der Waals surface area contributed by atoms with Gasteiger partial charge in [0.2, 0.25) is 0 Å². The van der Waals surface area contributed by atoms with Crippen molar-refractivity contribution in [1.29, 1.82) is 5.26 Å². The highest BCUT2D eigenvalue weighted by Gasteiger charge is 2.29. The highest BCUT2D eigenvalue weighted by atomic mass is 35.5. The predicted molar refractivity (Wildman–Crippen MR) is 82.6 cm³/mol. The number of pyridine rings is 1. The minimum absolute atomic E-state index is 0.0382. The van der Waals surface area contributed by atoms with E-state index in [2.05, 4.69) is 18.1 Å². The van der Waals surface area contributed by atoms with Crippen molar-refractivity contribution in [2.24, 2.45) is 0 Å². The largest absolute Gasteiger partial charge is 0.262 e. The number of nitrogens with zero attached hydrogens (tertiary/aromatic N) is 3. The predicted octanol–water partition coefficient (Wildman–Crippen LogP) is 2.59. The Kier molecular flexibility index (Phi) is 5.67. The Morgan fingerprint density at radius 2 is 1.86 bits per heavy atom. The Labute approximate surface area is 130 Å². The number of nitriles is 1. The van der Waals surface area contributed by atoms with E-state index in [0.29, 0.717) is 16.3 Å². The highest BCUT2D eigenvalue weighted by molar-refractivity contribution is 7.89. The van der Waals surface area contributed by atoms with Crippen molar-refractivity contribution in [3.63, 3.8) is 0 Å². The summed E-state index contributed by atoms with van der Waals surface area (Å²) < 4.78 is 26.5. The van der Waals surface area contributed by atoms with Crippen LogP contribution < -0.4 is 0 Å². The second-order valence-electron chi connectivity index (χ2n) is 4.33. The molecule has 0 aliphatic rings. The van der Waals surface area contributed by atoms with E-state index in [1.807, 2.05) is 6.07 Å². The van der Waals surface area contributed by atoms with Crippen molar-refractivity contribution in [3.05, 3.63) is 47.2 Å². The van der Waals surface area contributed by atoms with Crippen LogP contribution in [0.4, 0.5) is 0 Å². The molecule has 0 unspecified atom stereocenters. The minimum Gasteiger partial charge on any atom is -0.237 e. The van der Waals surface area contributed by atoms with E-state index in [9.17, 15) is 13.7 Å². The topological polar surface area (TPSA) is 74.1 Å². The zero-order chi connectivity index (χ0) is 16.2. The van der Waals surface area contributed by atoms with Crippen LogP contribution in [-0.2, 0) is 10.0 Å². The molecular formula is C14H16ClN3O2S. The number of aromatic nitrogens is 1. The van der Waals surface area contributed by atoms with Gasteiger partial charge in [0.1, 0.15) is 6.07 Å². The van der Waals surface area contributed by atoms with Crippen molar-refractivity contribution in [3.8, 4) is 6.07 Å². The maximum absolute atomic E-state index is 12.7. The summed E-state index contributed by atoms with van der Waals surface area (Å²) in [5.41, 5.74) is 0.732. The van der Waals surface area contributed by atoms with E-state index in [1.54, 1.807) is 13.8 Å². The number of hydrogen-bond donors (Lipinski definition) is 0. The first-order chi connectivity index (χ1) is 9.81. The summed E-state index contributed by atoms with van der Waals surface area (Å²) in [6, 6.07) is 1.87. The molecule has 1 aromatic rings. The molecule has 21 heavy (non-hydrogen) atoms. The molecule has 0 spiro atoms. The van der Waals surface area contributed by atoms with Crippen LogP contribution in [0.5, 0.6) is 0 Å². The first-order valence-corrected chi connectivity index (χ1v) is 7.91. The van der Waals surface area contributed by atoms with Crippen LogP contribution in [0.3, 0.4) is 0 Å². The zero-order valence-electron chi connectivity index (χ0n) is 11.9. The van der Waals surface area contributed by atoms with Gasteiger partial charge in [0.25, 0.3) is 10.0 Å². The minimum atomic E-state index is -3.93. The third-order valence-electron chi connectivity index (χ3n) is 2.87. The number of sulfonamides is 1. The van der Waals surface area contributed by atoms with E-state index in [0.717, 1.165) is 4.31 Å². The van der Waals surface area contributed by atoms with E-state index < -0.39 is 10.0 Å². The molecule has 1 heterocycles. The maximum atomic E-state index is 12.7. The molecule has 0 N–H and O–H groups in total. The summed E-state index contributed by atoms with van der Waals surface area (Å²) in [5, 5.41) is 9.26. The lowest BCUT2D eigenvalue weighted by molar-refractivity contribution is 0.470. The molecule has 0 saturated carbocycles. The molecule has 0 bridgehead atoms. The van der Waals surface area contributed by atoms with Crippen LogP contribution in [0.1, 0.15) is 16.8 Å². The van der Waals surface area contributed by atoms with Gasteiger partial charge in [-0.05, 0) is 19.4 Å². The molecule has 0 fully saturated rings. The van der Waals surface area contributed by atoms with Crippen LogP contribution in [0, 0.1) is 25.2 Å². The SMILES string of the molecule is C=CCN(CC=C)S(=O)(=O)c1nc(C)c(Cl)c(C)c1C#N. The smallest absolute Gasteiger partial charge is 0.237 e. The van der Waals surface area contributed by atoms with Gasteiger partial charge < -0.3 is 0 Å². The molecule has 1 aromatic heterocycles. The van der Waals surface area contributed by atoms with Crippen LogP contribution in [0.15, 0.2) is 30.3 Å². The second-order valence-corrected chi connectivity index (χ2v) is 6.56. The van der Waals surface area contributed by atoms with Crippen LogP contribution in [0.25, 0.3) is 0 Å². The summed E-state index contributed by atoms with van der Waals surface area (Å²) >= 11 is 6.03. The Morgan fingerprint density at radius 3 is 2.29 bits per heavy atom. The molecule has 0 saturated heterocycles. The van der Waals surface area contributed by atoms with Crippen molar-refractivity contribution < 1.29 is 8.42 Å². The Hall–Kier alpha value is -1.68. The standard InChI is InChI=1S/C14H16ClN3O2S/c1-5-7-18(8-6-2)21(19,20)14-12(9-16)10(3)13(15)11(4)17-14/h5-6H,1-2,7-8H2,3-4H3. The fourth-order valence-corrected chi connectivity index (χ4v) is 3.49. The molecule has 5 nitrogen and oxygen atoms in total. The van der Waals surface area contributed by atoms with Gasteiger partial charge in [-0.3, -0.25) is 0 Å². The lowest BCUT2D eigenvalue weighted by Gasteiger charge is -2.20. The lowest BCUT2D eigenvalue weighted by Crippen LogP contribution is -2.33. The van der Waals surface area contributed by atoms with Crippen molar-refractivity contribution in [2.45, 2.75) is 18.9 Å². The molecule has 0 aliphatic carbocycles. The normalized spacial score (nSPS) is 11.2. The third-order valence-corrected chi connectivity index (χ3v) is 5.19. The Bertz CT molecular complexity index is 711. The molecule has 112 valence electrons. The van der Waals surface area contributed by atoms with Crippen LogP contribution in [-0.4, -0.2) is 30.8 Å². The van der Waals surface area contributed by atoms with Crippen LogP contribution >= 0.6 is 11.6 Å². The molecule has 7 heteroatoms. The molecular weight excluding hydrogens is 310 g/mol. The van der Waals surface area contributed by atoms with Gasteiger partial charge in [-0.2, -0.15) is 9.57 Å². The van der Waals surface area contributed by atoms with Gasteiger partial charge in [0, 0.05) is 13.1 Å². The Balaban J connectivity index is 3.61. The van der Waals surface area contributed by atoms with E-state index in [1.165, 1.54) is 12.2 Å². The summed E-state index contributed by atoms with van der Waals surface area (Å²) in [6.07, 6.45) is 2.92. The monoisotopic (exact) mass is 325 g/mol. The summed E-state index contributed by atoms with van der Waals surface area (Å²) in [4.78, 5) is 4.01. The maximum Gasteiger partial charge on any atom is 0.262 e. The average molecular weight is 326 g/mol. The molecule has 0 radical (unpaired) electrons. The number of rotatable bonds is 6.